The quantitative estimate of drug-likeness (QED) is 0.727. The SMILES string of the molecule is O=C(Nc1ccc(-n2cccn2)cc1)[C@@H]1C[C@H]1c1ccccc1C(F)(F)F. The Balaban J connectivity index is 1.44. The molecule has 1 saturated carbocycles. The Bertz CT molecular complexity index is 949. The molecule has 1 fully saturated rings. The van der Waals surface area contributed by atoms with Gasteiger partial charge in [-0.2, -0.15) is 18.3 Å². The van der Waals surface area contributed by atoms with Crippen LogP contribution in [0.25, 0.3) is 5.69 Å². The molecule has 1 heterocycles. The van der Waals surface area contributed by atoms with Crippen molar-refractivity contribution in [1.29, 1.82) is 0 Å². The second-order valence-corrected chi connectivity index (χ2v) is 6.52. The molecule has 3 aromatic rings. The summed E-state index contributed by atoms with van der Waals surface area (Å²) < 4.78 is 41.2. The molecule has 1 aliphatic carbocycles. The molecule has 1 amide bonds. The van der Waals surface area contributed by atoms with Crippen molar-refractivity contribution in [3.05, 3.63) is 78.1 Å². The molecule has 0 unspecified atom stereocenters. The number of amides is 1. The molecule has 4 nitrogen and oxygen atoms in total. The molecule has 4 rings (SSSR count). The third-order valence-electron chi connectivity index (χ3n) is 4.70. The van der Waals surface area contributed by atoms with Gasteiger partial charge in [0, 0.05) is 24.0 Å². The van der Waals surface area contributed by atoms with Gasteiger partial charge in [0.2, 0.25) is 5.91 Å². The lowest BCUT2D eigenvalue weighted by atomic mass is 10.0. The molecule has 138 valence electrons. The van der Waals surface area contributed by atoms with Crippen LogP contribution >= 0.6 is 0 Å². The van der Waals surface area contributed by atoms with Crippen LogP contribution in [0.3, 0.4) is 0 Å². The fraction of sp³-hybridized carbons (Fsp3) is 0.200. The number of aromatic nitrogens is 2. The van der Waals surface area contributed by atoms with Gasteiger partial charge in [0.15, 0.2) is 0 Å². The standard InChI is InChI=1S/C20H16F3N3O/c21-20(22,23)18-5-2-1-4-15(18)16-12-17(16)19(27)25-13-6-8-14(9-7-13)26-11-3-10-24-26/h1-11,16-17H,12H2,(H,25,27)/t16-,17+/m0/s1. The molecule has 1 aromatic heterocycles. The Morgan fingerprint density at radius 1 is 1.07 bits per heavy atom. The first kappa shape index (κ1) is 17.3. The average molecular weight is 371 g/mol. The Kier molecular flexibility index (Phi) is 4.22. The number of anilines is 1. The summed E-state index contributed by atoms with van der Waals surface area (Å²) in [6.07, 6.45) is -0.519. The predicted molar refractivity (Wildman–Crippen MR) is 94.5 cm³/mol. The van der Waals surface area contributed by atoms with Gasteiger partial charge in [0.25, 0.3) is 0 Å². The maximum atomic E-state index is 13.2. The number of hydrogen-bond donors (Lipinski definition) is 1. The van der Waals surface area contributed by atoms with E-state index in [1.165, 1.54) is 12.1 Å². The third-order valence-corrected chi connectivity index (χ3v) is 4.70. The molecule has 0 radical (unpaired) electrons. The molecule has 2 atom stereocenters. The van der Waals surface area contributed by atoms with Gasteiger partial charge >= 0.3 is 6.18 Å². The number of alkyl halides is 3. The topological polar surface area (TPSA) is 46.9 Å². The largest absolute Gasteiger partial charge is 0.416 e. The first-order chi connectivity index (χ1) is 12.9. The van der Waals surface area contributed by atoms with Gasteiger partial charge in [-0.05, 0) is 54.3 Å². The van der Waals surface area contributed by atoms with E-state index in [1.54, 1.807) is 35.3 Å². The summed E-state index contributed by atoms with van der Waals surface area (Å²) in [7, 11) is 0. The van der Waals surface area contributed by atoms with E-state index in [0.717, 1.165) is 11.8 Å². The number of hydrogen-bond acceptors (Lipinski definition) is 2. The minimum absolute atomic E-state index is 0.194. The van der Waals surface area contributed by atoms with Gasteiger partial charge < -0.3 is 5.32 Å². The highest BCUT2D eigenvalue weighted by Crippen LogP contribution is 2.51. The minimum atomic E-state index is -4.41. The molecule has 0 aliphatic heterocycles. The van der Waals surface area contributed by atoms with Gasteiger partial charge in [-0.1, -0.05) is 18.2 Å². The molecule has 0 spiro atoms. The number of carbonyl (C=O) groups is 1. The van der Waals surface area contributed by atoms with Gasteiger partial charge in [0.1, 0.15) is 0 Å². The normalized spacial score (nSPS) is 18.9. The van der Waals surface area contributed by atoms with E-state index in [4.69, 9.17) is 0 Å². The van der Waals surface area contributed by atoms with Crippen LogP contribution in [-0.4, -0.2) is 15.7 Å². The number of benzene rings is 2. The zero-order valence-electron chi connectivity index (χ0n) is 14.1. The number of carbonyl (C=O) groups excluding carboxylic acids is 1. The molecule has 0 bridgehead atoms. The van der Waals surface area contributed by atoms with Crippen molar-refractivity contribution in [1.82, 2.24) is 9.78 Å². The Morgan fingerprint density at radius 2 is 1.81 bits per heavy atom. The van der Waals surface area contributed by atoms with Crippen molar-refractivity contribution < 1.29 is 18.0 Å². The van der Waals surface area contributed by atoms with Crippen molar-refractivity contribution in [3.63, 3.8) is 0 Å². The molecule has 7 heteroatoms. The Hall–Kier alpha value is -3.09. The van der Waals surface area contributed by atoms with E-state index in [1.807, 2.05) is 18.2 Å². The first-order valence-electron chi connectivity index (χ1n) is 8.50. The van der Waals surface area contributed by atoms with Crippen LogP contribution in [0.5, 0.6) is 0 Å². The molecule has 1 aliphatic rings. The summed E-state index contributed by atoms with van der Waals surface area (Å²) in [5.41, 5.74) is 0.986. The summed E-state index contributed by atoms with van der Waals surface area (Å²) in [6, 6.07) is 14.4. The second-order valence-electron chi connectivity index (χ2n) is 6.52. The van der Waals surface area contributed by atoms with Gasteiger partial charge in [-0.25, -0.2) is 4.68 Å². The number of rotatable bonds is 4. The lowest BCUT2D eigenvalue weighted by molar-refractivity contribution is -0.138. The summed E-state index contributed by atoms with van der Waals surface area (Å²) in [4.78, 5) is 12.4. The van der Waals surface area contributed by atoms with Crippen molar-refractivity contribution in [2.45, 2.75) is 18.5 Å². The van der Waals surface area contributed by atoms with Crippen LogP contribution in [0.2, 0.25) is 0 Å². The van der Waals surface area contributed by atoms with E-state index < -0.39 is 23.6 Å². The monoisotopic (exact) mass is 371 g/mol. The molecular formula is C20H16F3N3O. The summed E-state index contributed by atoms with van der Waals surface area (Å²) in [6.45, 7) is 0. The molecule has 2 aromatic carbocycles. The second kappa shape index (κ2) is 6.57. The zero-order chi connectivity index (χ0) is 19.0. The summed E-state index contributed by atoms with van der Waals surface area (Å²) in [5.74, 6) is -1.10. The molecular weight excluding hydrogens is 355 g/mol. The van der Waals surface area contributed by atoms with Crippen molar-refractivity contribution >= 4 is 11.6 Å². The fourth-order valence-corrected chi connectivity index (χ4v) is 3.26. The smallest absolute Gasteiger partial charge is 0.326 e. The summed E-state index contributed by atoms with van der Waals surface area (Å²) >= 11 is 0. The van der Waals surface area contributed by atoms with Crippen LogP contribution in [0, 0.1) is 5.92 Å². The Labute approximate surface area is 153 Å². The van der Waals surface area contributed by atoms with E-state index in [0.29, 0.717) is 12.1 Å². The zero-order valence-corrected chi connectivity index (χ0v) is 14.1. The van der Waals surface area contributed by atoms with Gasteiger partial charge in [0.05, 0.1) is 11.3 Å². The van der Waals surface area contributed by atoms with Crippen LogP contribution in [0.1, 0.15) is 23.5 Å². The maximum Gasteiger partial charge on any atom is 0.416 e. The van der Waals surface area contributed by atoms with Crippen LogP contribution < -0.4 is 5.32 Å². The summed E-state index contributed by atoms with van der Waals surface area (Å²) in [5, 5.41) is 6.91. The highest BCUT2D eigenvalue weighted by atomic mass is 19.4. The van der Waals surface area contributed by atoms with E-state index >= 15 is 0 Å². The minimum Gasteiger partial charge on any atom is -0.326 e. The molecule has 27 heavy (non-hydrogen) atoms. The van der Waals surface area contributed by atoms with Crippen LogP contribution in [0.4, 0.5) is 18.9 Å². The molecule has 0 saturated heterocycles. The lowest BCUT2D eigenvalue weighted by Gasteiger charge is -2.12. The fourth-order valence-electron chi connectivity index (χ4n) is 3.26. The molecule has 1 N–H and O–H groups in total. The van der Waals surface area contributed by atoms with E-state index in [-0.39, 0.29) is 11.5 Å². The number of halogens is 3. The Morgan fingerprint density at radius 3 is 2.48 bits per heavy atom. The predicted octanol–water partition coefficient (Wildman–Crippen LogP) is 4.63. The lowest BCUT2D eigenvalue weighted by Crippen LogP contribution is -2.15. The first-order valence-corrected chi connectivity index (χ1v) is 8.50. The van der Waals surface area contributed by atoms with Crippen molar-refractivity contribution in [2.75, 3.05) is 5.32 Å². The van der Waals surface area contributed by atoms with Crippen molar-refractivity contribution in [3.8, 4) is 5.69 Å². The number of nitrogens with zero attached hydrogens (tertiary/aromatic N) is 2. The van der Waals surface area contributed by atoms with E-state index in [2.05, 4.69) is 10.4 Å². The average Bonchev–Trinajstić information content (AvgIpc) is 3.27. The maximum absolute atomic E-state index is 13.2. The van der Waals surface area contributed by atoms with Crippen LogP contribution in [0.15, 0.2) is 67.0 Å². The third kappa shape index (κ3) is 3.58. The van der Waals surface area contributed by atoms with Crippen molar-refractivity contribution in [2.24, 2.45) is 5.92 Å². The van der Waals surface area contributed by atoms with Gasteiger partial charge in [-0.15, -0.1) is 0 Å². The van der Waals surface area contributed by atoms with E-state index in [9.17, 15) is 18.0 Å². The highest BCUT2D eigenvalue weighted by Gasteiger charge is 2.47. The number of nitrogens with one attached hydrogen (secondary N) is 1. The van der Waals surface area contributed by atoms with Crippen LogP contribution in [-0.2, 0) is 11.0 Å². The van der Waals surface area contributed by atoms with Gasteiger partial charge in [-0.3, -0.25) is 4.79 Å². The highest BCUT2D eigenvalue weighted by molar-refractivity contribution is 5.95.